The van der Waals surface area contributed by atoms with Crippen molar-refractivity contribution in [2.45, 2.75) is 48.8 Å². The second-order valence-corrected chi connectivity index (χ2v) is 8.33. The zero-order chi connectivity index (χ0) is 18.7. The van der Waals surface area contributed by atoms with Crippen molar-refractivity contribution in [3.63, 3.8) is 0 Å². The summed E-state index contributed by atoms with van der Waals surface area (Å²) < 4.78 is 0. The molecule has 1 saturated carbocycles. The first-order valence-corrected chi connectivity index (χ1v) is 9.82. The number of nitro groups is 1. The molecule has 0 aromatic heterocycles. The fraction of sp³-hybridized carbons (Fsp3) is 0.556. The third-order valence-corrected chi connectivity index (χ3v) is 5.84. The van der Waals surface area contributed by atoms with Gasteiger partial charge in [0.25, 0.3) is 5.69 Å². The molecule has 1 aliphatic heterocycles. The molecule has 26 heavy (non-hydrogen) atoms. The van der Waals surface area contributed by atoms with Crippen LogP contribution in [0.3, 0.4) is 0 Å². The first-order chi connectivity index (χ1) is 12.4. The number of non-ortho nitro benzene ring substituents is 1. The van der Waals surface area contributed by atoms with E-state index in [1.165, 1.54) is 23.9 Å². The van der Waals surface area contributed by atoms with Gasteiger partial charge in [0.1, 0.15) is 0 Å². The molecule has 2 unspecified atom stereocenters. The summed E-state index contributed by atoms with van der Waals surface area (Å²) in [4.78, 5) is 37.9. The lowest BCUT2D eigenvalue weighted by atomic mass is 9.97. The predicted octanol–water partition coefficient (Wildman–Crippen LogP) is 2.59. The Labute approximate surface area is 156 Å². The van der Waals surface area contributed by atoms with E-state index in [4.69, 9.17) is 0 Å². The lowest BCUT2D eigenvalue weighted by Gasteiger charge is -2.33. The maximum atomic E-state index is 12.7. The van der Waals surface area contributed by atoms with E-state index in [1.807, 2.05) is 6.92 Å². The molecule has 1 saturated heterocycles. The standard InChI is InChI=1S/C18H23N3O4S/c1-12(26-16-8-6-15(7-9-16)21(24)25)18(23)20-10-2-3-13(11-20)17(22)19-14-4-5-14/h6-9,12-14H,2-5,10-11H2,1H3,(H,19,22). The topological polar surface area (TPSA) is 92.6 Å². The number of piperidine rings is 1. The first kappa shape index (κ1) is 18.7. The summed E-state index contributed by atoms with van der Waals surface area (Å²) in [6, 6.07) is 6.55. The summed E-state index contributed by atoms with van der Waals surface area (Å²) in [5.41, 5.74) is 0.0360. The Morgan fingerprint density at radius 2 is 1.96 bits per heavy atom. The number of benzene rings is 1. The molecule has 1 aliphatic carbocycles. The molecule has 2 fully saturated rings. The molecular formula is C18H23N3O4S. The summed E-state index contributed by atoms with van der Waals surface area (Å²) in [5.74, 6) is -0.0391. The number of amides is 2. The Morgan fingerprint density at radius 1 is 1.27 bits per heavy atom. The van der Waals surface area contributed by atoms with Gasteiger partial charge in [-0.25, -0.2) is 0 Å². The van der Waals surface area contributed by atoms with Crippen LogP contribution in [0.2, 0.25) is 0 Å². The zero-order valence-corrected chi connectivity index (χ0v) is 15.5. The molecule has 1 aromatic rings. The molecule has 1 N–H and O–H groups in total. The van der Waals surface area contributed by atoms with Gasteiger partial charge < -0.3 is 10.2 Å². The molecule has 7 nitrogen and oxygen atoms in total. The van der Waals surface area contributed by atoms with Crippen LogP contribution in [0, 0.1) is 16.0 Å². The van der Waals surface area contributed by atoms with Crippen LogP contribution in [0.4, 0.5) is 5.69 Å². The molecule has 140 valence electrons. The fourth-order valence-corrected chi connectivity index (χ4v) is 4.05. The highest BCUT2D eigenvalue weighted by Crippen LogP contribution is 2.28. The minimum Gasteiger partial charge on any atom is -0.353 e. The van der Waals surface area contributed by atoms with Gasteiger partial charge in [-0.1, -0.05) is 0 Å². The zero-order valence-electron chi connectivity index (χ0n) is 14.7. The van der Waals surface area contributed by atoms with E-state index in [1.54, 1.807) is 17.0 Å². The summed E-state index contributed by atoms with van der Waals surface area (Å²) in [6.45, 7) is 2.99. The van der Waals surface area contributed by atoms with Crippen LogP contribution in [-0.4, -0.2) is 46.0 Å². The van der Waals surface area contributed by atoms with Crippen molar-refractivity contribution in [2.75, 3.05) is 13.1 Å². The molecular weight excluding hydrogens is 354 g/mol. The van der Waals surface area contributed by atoms with E-state index in [0.29, 0.717) is 19.1 Å². The van der Waals surface area contributed by atoms with E-state index >= 15 is 0 Å². The lowest BCUT2D eigenvalue weighted by molar-refractivity contribution is -0.384. The number of hydrogen-bond donors (Lipinski definition) is 1. The SMILES string of the molecule is CC(Sc1ccc([N+](=O)[O-])cc1)C(=O)N1CCCC(C(=O)NC2CC2)C1. The highest BCUT2D eigenvalue weighted by molar-refractivity contribution is 8.00. The number of hydrogen-bond acceptors (Lipinski definition) is 5. The van der Waals surface area contributed by atoms with E-state index in [2.05, 4.69) is 5.32 Å². The second-order valence-electron chi connectivity index (χ2n) is 6.92. The maximum absolute atomic E-state index is 12.7. The molecule has 0 bridgehead atoms. The Morgan fingerprint density at radius 3 is 2.58 bits per heavy atom. The van der Waals surface area contributed by atoms with Gasteiger partial charge in [0.2, 0.25) is 11.8 Å². The van der Waals surface area contributed by atoms with Gasteiger partial charge in [0, 0.05) is 36.2 Å². The molecule has 1 heterocycles. The number of thioether (sulfide) groups is 1. The van der Waals surface area contributed by atoms with Gasteiger partial charge in [-0.15, -0.1) is 11.8 Å². The number of nitro benzene ring substituents is 1. The van der Waals surface area contributed by atoms with Gasteiger partial charge >= 0.3 is 0 Å². The largest absolute Gasteiger partial charge is 0.353 e. The molecule has 1 aromatic carbocycles. The van der Waals surface area contributed by atoms with Crippen molar-refractivity contribution >= 4 is 29.3 Å². The molecule has 2 atom stereocenters. The van der Waals surface area contributed by atoms with Crippen LogP contribution >= 0.6 is 11.8 Å². The van der Waals surface area contributed by atoms with Crippen molar-refractivity contribution in [1.82, 2.24) is 10.2 Å². The van der Waals surface area contributed by atoms with Crippen molar-refractivity contribution in [1.29, 1.82) is 0 Å². The minimum absolute atomic E-state index is 0.0114. The number of nitrogens with zero attached hydrogens (tertiary/aromatic N) is 2. The van der Waals surface area contributed by atoms with E-state index in [9.17, 15) is 19.7 Å². The smallest absolute Gasteiger partial charge is 0.269 e. The normalized spacial score (nSPS) is 21.1. The average molecular weight is 377 g/mol. The summed E-state index contributed by atoms with van der Waals surface area (Å²) in [5, 5.41) is 13.4. The fourth-order valence-electron chi connectivity index (χ4n) is 3.10. The quantitative estimate of drug-likeness (QED) is 0.467. The number of carbonyl (C=O) groups excluding carboxylic acids is 2. The predicted molar refractivity (Wildman–Crippen MR) is 98.9 cm³/mol. The first-order valence-electron chi connectivity index (χ1n) is 8.94. The van der Waals surface area contributed by atoms with Gasteiger partial charge in [0.05, 0.1) is 16.1 Å². The van der Waals surface area contributed by atoms with E-state index < -0.39 is 4.92 Å². The third-order valence-electron chi connectivity index (χ3n) is 4.74. The lowest BCUT2D eigenvalue weighted by Crippen LogP contribution is -2.47. The molecule has 0 spiro atoms. The van der Waals surface area contributed by atoms with Crippen molar-refractivity contribution in [2.24, 2.45) is 5.92 Å². The van der Waals surface area contributed by atoms with Crippen LogP contribution in [0.25, 0.3) is 0 Å². The Hall–Kier alpha value is -2.09. The number of nitrogens with one attached hydrogen (secondary N) is 1. The number of carbonyl (C=O) groups is 2. The number of likely N-dealkylation sites (tertiary alicyclic amines) is 1. The van der Waals surface area contributed by atoms with Gasteiger partial charge in [-0.3, -0.25) is 19.7 Å². The molecule has 2 amide bonds. The van der Waals surface area contributed by atoms with Crippen molar-refractivity contribution < 1.29 is 14.5 Å². The Bertz CT molecular complexity index is 690. The summed E-state index contributed by atoms with van der Waals surface area (Å²) in [7, 11) is 0. The second kappa shape index (κ2) is 8.07. The van der Waals surface area contributed by atoms with Crippen LogP contribution in [0.5, 0.6) is 0 Å². The minimum atomic E-state index is -0.441. The van der Waals surface area contributed by atoms with Gasteiger partial charge in [-0.2, -0.15) is 0 Å². The highest BCUT2D eigenvalue weighted by atomic mass is 32.2. The summed E-state index contributed by atoms with van der Waals surface area (Å²) >= 11 is 1.38. The Kier molecular flexibility index (Phi) is 5.80. The highest BCUT2D eigenvalue weighted by Gasteiger charge is 2.33. The molecule has 8 heteroatoms. The van der Waals surface area contributed by atoms with Crippen LogP contribution < -0.4 is 5.32 Å². The summed E-state index contributed by atoms with van der Waals surface area (Å²) in [6.07, 6.45) is 3.78. The van der Waals surface area contributed by atoms with Crippen LogP contribution in [-0.2, 0) is 9.59 Å². The van der Waals surface area contributed by atoms with Gasteiger partial charge in [0.15, 0.2) is 0 Å². The van der Waals surface area contributed by atoms with Crippen molar-refractivity contribution in [3.8, 4) is 0 Å². The van der Waals surface area contributed by atoms with E-state index in [-0.39, 0.29) is 28.7 Å². The Balaban J connectivity index is 1.54. The number of rotatable bonds is 6. The molecule has 2 aliphatic rings. The molecule has 3 rings (SSSR count). The van der Waals surface area contributed by atoms with Crippen LogP contribution in [0.1, 0.15) is 32.6 Å². The molecule has 0 radical (unpaired) electrons. The third kappa shape index (κ3) is 4.75. The average Bonchev–Trinajstić information content (AvgIpc) is 3.45. The monoisotopic (exact) mass is 377 g/mol. The van der Waals surface area contributed by atoms with Crippen molar-refractivity contribution in [3.05, 3.63) is 34.4 Å². The van der Waals surface area contributed by atoms with E-state index in [0.717, 1.165) is 30.6 Å². The van der Waals surface area contributed by atoms with Crippen LogP contribution in [0.15, 0.2) is 29.2 Å². The maximum Gasteiger partial charge on any atom is 0.269 e. The van der Waals surface area contributed by atoms with Gasteiger partial charge in [-0.05, 0) is 44.7 Å².